The summed E-state index contributed by atoms with van der Waals surface area (Å²) in [6, 6.07) is 5.44. The smallest absolute Gasteiger partial charge is 0.319 e. The number of hydrogen-bond donors (Lipinski definition) is 2. The highest BCUT2D eigenvalue weighted by atomic mass is 16.7. The number of carbonyl (C=O) groups is 1. The molecule has 0 saturated heterocycles. The first-order valence-electron chi connectivity index (χ1n) is 6.72. The topological polar surface area (TPSA) is 59.6 Å². The van der Waals surface area contributed by atoms with Crippen LogP contribution in [0.4, 0.5) is 10.5 Å². The van der Waals surface area contributed by atoms with E-state index in [1.54, 1.807) is 14.2 Å². The third kappa shape index (κ3) is 4.21. The SMILES string of the molecule is CC[C@H](NC(=O)Nc1c(C)cccc1C)C(OC)OC. The Balaban J connectivity index is 2.71. The van der Waals surface area contributed by atoms with Gasteiger partial charge in [-0.1, -0.05) is 25.1 Å². The van der Waals surface area contributed by atoms with Gasteiger partial charge in [0, 0.05) is 19.9 Å². The quantitative estimate of drug-likeness (QED) is 0.788. The minimum atomic E-state index is -0.455. The first-order chi connectivity index (χ1) is 9.53. The molecule has 2 amide bonds. The molecule has 0 aliphatic rings. The van der Waals surface area contributed by atoms with Crippen LogP contribution in [0.5, 0.6) is 0 Å². The van der Waals surface area contributed by atoms with Gasteiger partial charge in [-0.3, -0.25) is 0 Å². The minimum absolute atomic E-state index is 0.200. The van der Waals surface area contributed by atoms with Gasteiger partial charge in [-0.15, -0.1) is 0 Å². The van der Waals surface area contributed by atoms with E-state index in [0.29, 0.717) is 6.42 Å². The van der Waals surface area contributed by atoms with Gasteiger partial charge >= 0.3 is 6.03 Å². The molecule has 1 atom stereocenters. The second kappa shape index (κ2) is 7.87. The fraction of sp³-hybridized carbons (Fsp3) is 0.533. The van der Waals surface area contributed by atoms with E-state index in [0.717, 1.165) is 16.8 Å². The predicted molar refractivity (Wildman–Crippen MR) is 80.0 cm³/mol. The first-order valence-corrected chi connectivity index (χ1v) is 6.72. The maximum Gasteiger partial charge on any atom is 0.319 e. The number of aryl methyl sites for hydroxylation is 2. The zero-order valence-corrected chi connectivity index (χ0v) is 12.8. The van der Waals surface area contributed by atoms with Crippen LogP contribution in [0.15, 0.2) is 18.2 Å². The molecule has 5 nitrogen and oxygen atoms in total. The van der Waals surface area contributed by atoms with Crippen molar-refractivity contribution in [2.45, 2.75) is 39.5 Å². The molecular weight excluding hydrogens is 256 g/mol. The van der Waals surface area contributed by atoms with Gasteiger partial charge in [0.05, 0.1) is 6.04 Å². The number of rotatable bonds is 6. The number of hydrogen-bond acceptors (Lipinski definition) is 3. The maximum atomic E-state index is 12.1. The Labute approximate surface area is 120 Å². The summed E-state index contributed by atoms with van der Waals surface area (Å²) in [5.41, 5.74) is 2.90. The van der Waals surface area contributed by atoms with E-state index in [1.807, 2.05) is 39.0 Å². The van der Waals surface area contributed by atoms with Crippen molar-refractivity contribution in [1.29, 1.82) is 0 Å². The van der Waals surface area contributed by atoms with Gasteiger partial charge in [-0.25, -0.2) is 4.79 Å². The van der Waals surface area contributed by atoms with E-state index < -0.39 is 6.29 Å². The number of anilines is 1. The summed E-state index contributed by atoms with van der Waals surface area (Å²) in [6.45, 7) is 5.90. The van der Waals surface area contributed by atoms with Crippen LogP contribution in [0, 0.1) is 13.8 Å². The predicted octanol–water partition coefficient (Wildman–Crippen LogP) is 2.82. The molecule has 0 radical (unpaired) electrons. The fourth-order valence-electron chi connectivity index (χ4n) is 2.12. The highest BCUT2D eigenvalue weighted by Gasteiger charge is 2.21. The number of benzene rings is 1. The number of amides is 2. The Morgan fingerprint density at radius 1 is 1.20 bits per heavy atom. The fourth-order valence-corrected chi connectivity index (χ4v) is 2.12. The van der Waals surface area contributed by atoms with Crippen LogP contribution in [0.25, 0.3) is 0 Å². The molecule has 0 saturated carbocycles. The average molecular weight is 280 g/mol. The van der Waals surface area contributed by atoms with Gasteiger partial charge in [0.25, 0.3) is 0 Å². The lowest BCUT2D eigenvalue weighted by Gasteiger charge is -2.25. The van der Waals surface area contributed by atoms with Crippen molar-refractivity contribution in [3.05, 3.63) is 29.3 Å². The summed E-state index contributed by atoms with van der Waals surface area (Å²) in [6.07, 6.45) is 0.260. The van der Waals surface area contributed by atoms with E-state index >= 15 is 0 Å². The van der Waals surface area contributed by atoms with Crippen LogP contribution in [-0.4, -0.2) is 32.6 Å². The summed E-state index contributed by atoms with van der Waals surface area (Å²) in [4.78, 5) is 12.1. The molecule has 5 heteroatoms. The van der Waals surface area contributed by atoms with E-state index in [4.69, 9.17) is 9.47 Å². The Morgan fingerprint density at radius 3 is 2.20 bits per heavy atom. The van der Waals surface area contributed by atoms with E-state index in [9.17, 15) is 4.79 Å². The second-order valence-electron chi connectivity index (χ2n) is 4.72. The van der Waals surface area contributed by atoms with Crippen molar-refractivity contribution in [2.75, 3.05) is 19.5 Å². The van der Waals surface area contributed by atoms with Crippen molar-refractivity contribution in [1.82, 2.24) is 5.32 Å². The minimum Gasteiger partial charge on any atom is -0.354 e. The number of urea groups is 1. The number of para-hydroxylation sites is 1. The van der Waals surface area contributed by atoms with Gasteiger partial charge in [0.1, 0.15) is 0 Å². The lowest BCUT2D eigenvalue weighted by atomic mass is 10.1. The standard InChI is InChI=1S/C15H24N2O3/c1-6-12(14(19-4)20-5)16-15(18)17-13-10(2)8-7-9-11(13)3/h7-9,12,14H,6H2,1-5H3,(H2,16,17,18)/t12-/m0/s1. The molecular formula is C15H24N2O3. The van der Waals surface area contributed by atoms with Crippen molar-refractivity contribution in [3.8, 4) is 0 Å². The van der Waals surface area contributed by atoms with Crippen LogP contribution in [0.3, 0.4) is 0 Å². The summed E-state index contributed by atoms with van der Waals surface area (Å²) >= 11 is 0. The molecule has 0 aliphatic carbocycles. The summed E-state index contributed by atoms with van der Waals surface area (Å²) < 4.78 is 10.4. The maximum absolute atomic E-state index is 12.1. The molecule has 0 aliphatic heterocycles. The third-order valence-electron chi connectivity index (χ3n) is 3.27. The number of carbonyl (C=O) groups excluding carboxylic acids is 1. The molecule has 0 heterocycles. The zero-order chi connectivity index (χ0) is 15.1. The number of ether oxygens (including phenoxy) is 2. The molecule has 0 unspecified atom stereocenters. The molecule has 1 rings (SSSR count). The molecule has 0 spiro atoms. The van der Waals surface area contributed by atoms with Gasteiger partial charge in [-0.05, 0) is 31.4 Å². The van der Waals surface area contributed by atoms with Crippen molar-refractivity contribution >= 4 is 11.7 Å². The van der Waals surface area contributed by atoms with Crippen LogP contribution in [-0.2, 0) is 9.47 Å². The highest BCUT2D eigenvalue weighted by Crippen LogP contribution is 2.19. The zero-order valence-electron chi connectivity index (χ0n) is 12.8. The first kappa shape index (κ1) is 16.5. The molecule has 1 aromatic rings. The summed E-state index contributed by atoms with van der Waals surface area (Å²) in [7, 11) is 3.11. The number of methoxy groups -OCH3 is 2. The van der Waals surface area contributed by atoms with Crippen molar-refractivity contribution in [3.63, 3.8) is 0 Å². The molecule has 112 valence electrons. The number of nitrogens with one attached hydrogen (secondary N) is 2. The molecule has 20 heavy (non-hydrogen) atoms. The molecule has 0 fully saturated rings. The van der Waals surface area contributed by atoms with Crippen LogP contribution >= 0.6 is 0 Å². The van der Waals surface area contributed by atoms with E-state index in [-0.39, 0.29) is 12.1 Å². The third-order valence-corrected chi connectivity index (χ3v) is 3.27. The monoisotopic (exact) mass is 280 g/mol. The van der Waals surface area contributed by atoms with Crippen LogP contribution in [0.1, 0.15) is 24.5 Å². The van der Waals surface area contributed by atoms with Gasteiger partial charge in [0.2, 0.25) is 0 Å². The molecule has 0 bridgehead atoms. The van der Waals surface area contributed by atoms with Crippen molar-refractivity contribution < 1.29 is 14.3 Å². The molecule has 0 aromatic heterocycles. The lowest BCUT2D eigenvalue weighted by molar-refractivity contribution is -0.120. The van der Waals surface area contributed by atoms with Gasteiger partial charge in [0.15, 0.2) is 6.29 Å². The Morgan fingerprint density at radius 2 is 1.75 bits per heavy atom. The van der Waals surface area contributed by atoms with E-state index in [2.05, 4.69) is 10.6 Å². The van der Waals surface area contributed by atoms with E-state index in [1.165, 1.54) is 0 Å². The normalized spacial score (nSPS) is 12.3. The van der Waals surface area contributed by atoms with Crippen molar-refractivity contribution in [2.24, 2.45) is 0 Å². The second-order valence-corrected chi connectivity index (χ2v) is 4.72. The molecule has 1 aromatic carbocycles. The highest BCUT2D eigenvalue weighted by molar-refractivity contribution is 5.91. The van der Waals surface area contributed by atoms with Gasteiger partial charge in [-0.2, -0.15) is 0 Å². The lowest BCUT2D eigenvalue weighted by Crippen LogP contribution is -2.46. The van der Waals surface area contributed by atoms with Crippen LogP contribution < -0.4 is 10.6 Å². The Kier molecular flexibility index (Phi) is 6.48. The Hall–Kier alpha value is -1.59. The summed E-state index contributed by atoms with van der Waals surface area (Å²) in [5, 5.41) is 5.76. The summed E-state index contributed by atoms with van der Waals surface area (Å²) in [5.74, 6) is 0. The Bertz CT molecular complexity index is 424. The largest absolute Gasteiger partial charge is 0.354 e. The van der Waals surface area contributed by atoms with Gasteiger partial charge < -0.3 is 20.1 Å². The molecule has 2 N–H and O–H groups in total. The average Bonchev–Trinajstić information content (AvgIpc) is 2.43. The van der Waals surface area contributed by atoms with Crippen LogP contribution in [0.2, 0.25) is 0 Å².